The number of anilines is 1. The Hall–Kier alpha value is -3.89. The van der Waals surface area contributed by atoms with Gasteiger partial charge in [0, 0.05) is 25.6 Å². The fourth-order valence-corrected chi connectivity index (χ4v) is 7.10. The number of piperidine rings is 1. The molecule has 1 fully saturated rings. The molecule has 0 bridgehead atoms. The van der Waals surface area contributed by atoms with Crippen LogP contribution in [0.5, 0.6) is 11.5 Å². The van der Waals surface area contributed by atoms with Gasteiger partial charge in [-0.2, -0.15) is 4.31 Å². The van der Waals surface area contributed by atoms with E-state index in [-0.39, 0.29) is 48.2 Å². The molecular formula is C32H37N3O6S. The smallest absolute Gasteiger partial charge is 0.263 e. The summed E-state index contributed by atoms with van der Waals surface area (Å²) in [6.07, 6.45) is -0.128. The summed E-state index contributed by atoms with van der Waals surface area (Å²) >= 11 is 0. The fraction of sp³-hybridized carbons (Fsp3) is 0.375. The summed E-state index contributed by atoms with van der Waals surface area (Å²) in [7, 11) is -2.36. The third-order valence-electron chi connectivity index (χ3n) is 7.92. The molecule has 10 heteroatoms. The number of fused-ring (bicyclic) bond motifs is 1. The van der Waals surface area contributed by atoms with Crippen molar-refractivity contribution >= 4 is 27.5 Å². The van der Waals surface area contributed by atoms with Crippen LogP contribution in [-0.2, 0) is 26.2 Å². The van der Waals surface area contributed by atoms with E-state index in [1.54, 1.807) is 35.2 Å². The van der Waals surface area contributed by atoms with E-state index in [2.05, 4.69) is 5.32 Å². The summed E-state index contributed by atoms with van der Waals surface area (Å²) < 4.78 is 40.1. The molecule has 1 atom stereocenters. The van der Waals surface area contributed by atoms with Gasteiger partial charge in [0.05, 0.1) is 19.3 Å². The third-order valence-corrected chi connectivity index (χ3v) is 9.84. The average Bonchev–Trinajstić information content (AvgIpc) is 3.02. The zero-order chi connectivity index (χ0) is 29.9. The SMILES string of the molecule is COc1ccc(C(C)C)cc1S(=O)(=O)N1CCC(C(=O)N2CC(C(=O)NCc3ccccc3)Oc3ccccc32)CC1. The molecule has 0 saturated carbocycles. The molecule has 9 nitrogen and oxygen atoms in total. The highest BCUT2D eigenvalue weighted by Crippen LogP contribution is 2.37. The van der Waals surface area contributed by atoms with E-state index in [1.165, 1.54) is 11.4 Å². The Balaban J connectivity index is 1.28. The molecule has 0 spiro atoms. The lowest BCUT2D eigenvalue weighted by atomic mass is 9.95. The molecule has 2 amide bonds. The first-order valence-corrected chi connectivity index (χ1v) is 15.7. The van der Waals surface area contributed by atoms with Crippen LogP contribution in [0.2, 0.25) is 0 Å². The summed E-state index contributed by atoms with van der Waals surface area (Å²) in [4.78, 5) is 28.7. The minimum atomic E-state index is -3.82. The topological polar surface area (TPSA) is 105 Å². The van der Waals surface area contributed by atoms with Gasteiger partial charge in [-0.05, 0) is 54.2 Å². The number of carbonyl (C=O) groups is 2. The number of methoxy groups -OCH3 is 1. The van der Waals surface area contributed by atoms with E-state index in [4.69, 9.17) is 9.47 Å². The molecule has 3 aromatic carbocycles. The predicted molar refractivity (Wildman–Crippen MR) is 160 cm³/mol. The molecule has 1 saturated heterocycles. The van der Waals surface area contributed by atoms with Gasteiger partial charge in [0.25, 0.3) is 5.91 Å². The number of hydrogen-bond acceptors (Lipinski definition) is 6. The Labute approximate surface area is 247 Å². The quantitative estimate of drug-likeness (QED) is 0.418. The van der Waals surface area contributed by atoms with Crippen LogP contribution in [0.15, 0.2) is 77.7 Å². The van der Waals surface area contributed by atoms with E-state index in [1.807, 2.05) is 56.3 Å². The highest BCUT2D eigenvalue weighted by Gasteiger charge is 2.39. The second-order valence-corrected chi connectivity index (χ2v) is 12.9. The zero-order valence-electron chi connectivity index (χ0n) is 24.2. The molecule has 2 heterocycles. The summed E-state index contributed by atoms with van der Waals surface area (Å²) in [5.74, 6) is 0.106. The number of hydrogen-bond donors (Lipinski definition) is 1. The Morgan fingerprint density at radius 3 is 2.38 bits per heavy atom. The van der Waals surface area contributed by atoms with Gasteiger partial charge in [0.1, 0.15) is 16.4 Å². The molecular weight excluding hydrogens is 554 g/mol. The van der Waals surface area contributed by atoms with Gasteiger partial charge in [-0.3, -0.25) is 9.59 Å². The van der Waals surface area contributed by atoms with Crippen LogP contribution >= 0.6 is 0 Å². The third kappa shape index (κ3) is 6.15. The van der Waals surface area contributed by atoms with Crippen molar-refractivity contribution < 1.29 is 27.5 Å². The van der Waals surface area contributed by atoms with Crippen LogP contribution in [-0.4, -0.2) is 57.4 Å². The molecule has 0 radical (unpaired) electrons. The van der Waals surface area contributed by atoms with Crippen molar-refractivity contribution in [2.75, 3.05) is 31.6 Å². The molecule has 2 aliphatic rings. The highest BCUT2D eigenvalue weighted by atomic mass is 32.2. The maximum absolute atomic E-state index is 13.9. The molecule has 0 aromatic heterocycles. The second kappa shape index (κ2) is 12.5. The molecule has 1 N–H and O–H groups in total. The Morgan fingerprint density at radius 1 is 1.00 bits per heavy atom. The Morgan fingerprint density at radius 2 is 1.69 bits per heavy atom. The molecule has 222 valence electrons. The number of para-hydroxylation sites is 2. The maximum atomic E-state index is 13.9. The van der Waals surface area contributed by atoms with Gasteiger partial charge in [-0.25, -0.2) is 8.42 Å². The molecule has 5 rings (SSSR count). The molecule has 2 aliphatic heterocycles. The lowest BCUT2D eigenvalue weighted by molar-refractivity contribution is -0.129. The number of nitrogens with one attached hydrogen (secondary N) is 1. The van der Waals surface area contributed by atoms with Crippen molar-refractivity contribution in [3.63, 3.8) is 0 Å². The van der Waals surface area contributed by atoms with Gasteiger partial charge < -0.3 is 19.7 Å². The van der Waals surface area contributed by atoms with Crippen molar-refractivity contribution in [3.05, 3.63) is 83.9 Å². The van der Waals surface area contributed by atoms with E-state index in [9.17, 15) is 18.0 Å². The second-order valence-electron chi connectivity index (χ2n) is 11.0. The molecule has 3 aromatic rings. The number of nitrogens with zero attached hydrogens (tertiary/aromatic N) is 2. The summed E-state index contributed by atoms with van der Waals surface area (Å²) in [6.45, 7) is 4.87. The van der Waals surface area contributed by atoms with Crippen molar-refractivity contribution in [3.8, 4) is 11.5 Å². The lowest BCUT2D eigenvalue weighted by Gasteiger charge is -2.38. The lowest BCUT2D eigenvalue weighted by Crippen LogP contribution is -2.53. The van der Waals surface area contributed by atoms with Crippen molar-refractivity contribution in [1.29, 1.82) is 0 Å². The summed E-state index contributed by atoms with van der Waals surface area (Å²) in [6, 6.07) is 22.0. The van der Waals surface area contributed by atoms with Crippen LogP contribution < -0.4 is 19.7 Å². The van der Waals surface area contributed by atoms with E-state index >= 15 is 0 Å². The number of ether oxygens (including phenoxy) is 2. The highest BCUT2D eigenvalue weighted by molar-refractivity contribution is 7.89. The zero-order valence-corrected chi connectivity index (χ0v) is 25.0. The summed E-state index contributed by atoms with van der Waals surface area (Å²) in [5.41, 5.74) is 2.48. The van der Waals surface area contributed by atoms with Crippen LogP contribution in [0.4, 0.5) is 5.69 Å². The standard InChI is InChI=1S/C32H37N3O6S/c1-22(2)25-13-14-28(40-3)30(19-25)42(38,39)34-17-15-24(16-18-34)32(37)35-21-29(41-27-12-8-7-11-26(27)35)31(36)33-20-23-9-5-4-6-10-23/h4-14,19,22,24,29H,15-18,20-21H2,1-3H3,(H,33,36). The number of carbonyl (C=O) groups excluding carboxylic acids is 2. The maximum Gasteiger partial charge on any atom is 0.263 e. The van der Waals surface area contributed by atoms with Crippen LogP contribution in [0.25, 0.3) is 0 Å². The van der Waals surface area contributed by atoms with Gasteiger partial charge in [0.15, 0.2) is 6.10 Å². The van der Waals surface area contributed by atoms with Gasteiger partial charge in [0.2, 0.25) is 15.9 Å². The molecule has 0 aliphatic carbocycles. The van der Waals surface area contributed by atoms with Crippen molar-refractivity contribution in [1.82, 2.24) is 9.62 Å². The van der Waals surface area contributed by atoms with E-state index in [0.29, 0.717) is 36.6 Å². The average molecular weight is 592 g/mol. The first-order valence-electron chi connectivity index (χ1n) is 14.3. The first-order chi connectivity index (χ1) is 20.2. The van der Waals surface area contributed by atoms with Crippen LogP contribution in [0.3, 0.4) is 0 Å². The summed E-state index contributed by atoms with van der Waals surface area (Å²) in [5, 5.41) is 2.91. The van der Waals surface area contributed by atoms with Crippen LogP contribution in [0.1, 0.15) is 43.7 Å². The Kier molecular flexibility index (Phi) is 8.84. The number of amides is 2. The number of rotatable bonds is 8. The van der Waals surface area contributed by atoms with E-state index < -0.39 is 16.1 Å². The Bertz CT molecular complexity index is 1530. The van der Waals surface area contributed by atoms with Crippen LogP contribution in [0, 0.1) is 5.92 Å². The predicted octanol–water partition coefficient (Wildman–Crippen LogP) is 4.33. The molecule has 42 heavy (non-hydrogen) atoms. The van der Waals surface area contributed by atoms with E-state index in [0.717, 1.165) is 11.1 Å². The van der Waals surface area contributed by atoms with Crippen molar-refractivity contribution in [2.45, 2.75) is 50.2 Å². The monoisotopic (exact) mass is 591 g/mol. The number of sulfonamides is 1. The molecule has 1 unspecified atom stereocenters. The van der Waals surface area contributed by atoms with Gasteiger partial charge in [-0.1, -0.05) is 62.4 Å². The van der Waals surface area contributed by atoms with Gasteiger partial charge >= 0.3 is 0 Å². The largest absolute Gasteiger partial charge is 0.495 e. The van der Waals surface area contributed by atoms with Crippen molar-refractivity contribution in [2.24, 2.45) is 5.92 Å². The minimum absolute atomic E-state index is 0.0776. The fourth-order valence-electron chi connectivity index (χ4n) is 5.44. The minimum Gasteiger partial charge on any atom is -0.495 e. The normalized spacial score (nSPS) is 17.8. The van der Waals surface area contributed by atoms with Gasteiger partial charge in [-0.15, -0.1) is 0 Å². The number of benzene rings is 3. The first kappa shape index (κ1) is 29.6.